The summed E-state index contributed by atoms with van der Waals surface area (Å²) in [7, 11) is 5.47. The number of aromatic nitrogens is 2. The van der Waals surface area contributed by atoms with Gasteiger partial charge in [0.2, 0.25) is 5.91 Å². The largest absolute Gasteiger partial charge is 0.416 e. The van der Waals surface area contributed by atoms with Gasteiger partial charge in [-0.05, 0) is 84.3 Å². The number of halogens is 3. The number of rotatable bonds is 9. The molecule has 1 aliphatic carbocycles. The van der Waals surface area contributed by atoms with Gasteiger partial charge in [-0.1, -0.05) is 30.4 Å². The van der Waals surface area contributed by atoms with Gasteiger partial charge in [0.15, 0.2) is 0 Å². The van der Waals surface area contributed by atoms with Crippen molar-refractivity contribution in [3.05, 3.63) is 125 Å². The van der Waals surface area contributed by atoms with Crippen LogP contribution in [0.25, 0.3) is 11.3 Å². The van der Waals surface area contributed by atoms with Crippen molar-refractivity contribution in [2.45, 2.75) is 31.4 Å². The van der Waals surface area contributed by atoms with E-state index in [2.05, 4.69) is 10.6 Å². The highest BCUT2D eigenvalue weighted by molar-refractivity contribution is 6.04. The maximum atomic E-state index is 13.0. The number of nitrogens with one attached hydrogen (secondary N) is 2. The van der Waals surface area contributed by atoms with Crippen LogP contribution in [0.15, 0.2) is 97.1 Å². The summed E-state index contributed by atoms with van der Waals surface area (Å²) in [5, 5.41) is 10.4. The minimum atomic E-state index is -4.38. The fraction of sp³-hybridized carbons (Fsp3) is 0.229. The predicted octanol–water partition coefficient (Wildman–Crippen LogP) is 7.02. The van der Waals surface area contributed by atoms with Crippen LogP contribution >= 0.6 is 0 Å². The summed E-state index contributed by atoms with van der Waals surface area (Å²) in [5.41, 5.74) is 5.53. The van der Waals surface area contributed by atoms with E-state index >= 15 is 0 Å². The number of amides is 2. The molecule has 2 N–H and O–H groups in total. The van der Waals surface area contributed by atoms with Crippen molar-refractivity contribution < 1.29 is 22.8 Å². The lowest BCUT2D eigenvalue weighted by atomic mass is 9.90. The molecule has 4 aromatic rings. The van der Waals surface area contributed by atoms with Gasteiger partial charge in [-0.3, -0.25) is 9.59 Å². The van der Waals surface area contributed by atoms with Crippen LogP contribution < -0.4 is 15.5 Å². The zero-order chi connectivity index (χ0) is 32.1. The molecule has 0 bridgehead atoms. The average Bonchev–Trinajstić information content (AvgIpc) is 3.48. The van der Waals surface area contributed by atoms with E-state index in [-0.39, 0.29) is 17.7 Å². The molecular formula is C35H34F3N5O2. The van der Waals surface area contributed by atoms with Gasteiger partial charge in [0.1, 0.15) is 0 Å². The van der Waals surface area contributed by atoms with E-state index in [1.54, 1.807) is 19.2 Å². The van der Waals surface area contributed by atoms with Crippen LogP contribution in [0.3, 0.4) is 0 Å². The van der Waals surface area contributed by atoms with Gasteiger partial charge in [0.05, 0.1) is 22.6 Å². The summed E-state index contributed by atoms with van der Waals surface area (Å²) < 4.78 is 40.9. The maximum Gasteiger partial charge on any atom is 0.416 e. The van der Waals surface area contributed by atoms with Crippen LogP contribution in [-0.2, 0) is 17.4 Å². The Hall–Kier alpha value is -5.12. The van der Waals surface area contributed by atoms with Gasteiger partial charge in [0.25, 0.3) is 5.91 Å². The molecule has 1 aromatic heterocycles. The number of allylic oxidation sites excluding steroid dienone is 4. The van der Waals surface area contributed by atoms with E-state index in [0.29, 0.717) is 36.1 Å². The summed E-state index contributed by atoms with van der Waals surface area (Å²) in [5.74, 6) is -0.342. The Kier molecular flexibility index (Phi) is 9.22. The highest BCUT2D eigenvalue weighted by Crippen LogP contribution is 2.34. The number of anilines is 2. The zero-order valence-corrected chi connectivity index (χ0v) is 25.2. The highest BCUT2D eigenvalue weighted by Gasteiger charge is 2.30. The molecule has 1 heterocycles. The van der Waals surface area contributed by atoms with E-state index in [1.807, 2.05) is 84.4 Å². The molecule has 7 nitrogen and oxygen atoms in total. The van der Waals surface area contributed by atoms with Gasteiger partial charge < -0.3 is 15.5 Å². The summed E-state index contributed by atoms with van der Waals surface area (Å²) in [6.45, 7) is 0. The molecule has 0 saturated carbocycles. The van der Waals surface area contributed by atoms with Crippen molar-refractivity contribution >= 4 is 28.8 Å². The standard InChI is InChI=1S/C35H34F3N5O2/c1-39-33(44)21-16-29-22-32(25-6-4-23(5-7-25)24-8-12-27(13-9-24)35(36,37)38)43(41-29)31-19-14-28(15-20-31)40-34(45)26-10-17-30(18-11-26)42(2)3/h4-6,8-15,17-20,22,25H,7,16,21H2,1-3H3,(H,39,44)(H,40,45). The van der Waals surface area contributed by atoms with E-state index in [0.717, 1.165) is 40.5 Å². The summed E-state index contributed by atoms with van der Waals surface area (Å²) in [6, 6.07) is 21.9. The number of carbonyl (C=O) groups excluding carboxylic acids is 2. The van der Waals surface area contributed by atoms with Crippen LogP contribution in [0.4, 0.5) is 24.5 Å². The van der Waals surface area contributed by atoms with Gasteiger partial charge in [0, 0.05) is 56.8 Å². The molecule has 0 fully saturated rings. The molecule has 0 saturated heterocycles. The fourth-order valence-corrected chi connectivity index (χ4v) is 5.11. The Morgan fingerprint density at radius 1 is 0.978 bits per heavy atom. The monoisotopic (exact) mass is 613 g/mol. The van der Waals surface area contributed by atoms with Crippen molar-refractivity contribution in [1.82, 2.24) is 15.1 Å². The van der Waals surface area contributed by atoms with Crippen LogP contribution in [0.5, 0.6) is 0 Å². The smallest absolute Gasteiger partial charge is 0.378 e. The Morgan fingerprint density at radius 3 is 2.24 bits per heavy atom. The Bertz CT molecular complexity index is 1720. The van der Waals surface area contributed by atoms with Crippen molar-refractivity contribution in [1.29, 1.82) is 0 Å². The lowest BCUT2D eigenvalue weighted by Gasteiger charge is -2.18. The third-order valence-electron chi connectivity index (χ3n) is 7.72. The van der Waals surface area contributed by atoms with Gasteiger partial charge in [-0.25, -0.2) is 4.68 Å². The molecule has 0 spiro atoms. The molecular weight excluding hydrogens is 579 g/mol. The first-order chi connectivity index (χ1) is 21.5. The predicted molar refractivity (Wildman–Crippen MR) is 171 cm³/mol. The molecule has 232 valence electrons. The van der Waals surface area contributed by atoms with Crippen LogP contribution in [-0.4, -0.2) is 42.7 Å². The van der Waals surface area contributed by atoms with Crippen molar-refractivity contribution in [2.75, 3.05) is 31.4 Å². The second-order valence-corrected chi connectivity index (χ2v) is 11.0. The lowest BCUT2D eigenvalue weighted by Crippen LogP contribution is -2.18. The molecule has 10 heteroatoms. The third-order valence-corrected chi connectivity index (χ3v) is 7.72. The van der Waals surface area contributed by atoms with E-state index in [4.69, 9.17) is 5.10 Å². The quantitative estimate of drug-likeness (QED) is 0.213. The number of benzene rings is 3. The van der Waals surface area contributed by atoms with Gasteiger partial charge in [-0.2, -0.15) is 18.3 Å². The Labute approximate surface area is 260 Å². The molecule has 2 amide bonds. The van der Waals surface area contributed by atoms with Crippen LogP contribution in [0.2, 0.25) is 0 Å². The zero-order valence-electron chi connectivity index (χ0n) is 25.2. The van der Waals surface area contributed by atoms with E-state index < -0.39 is 11.7 Å². The van der Waals surface area contributed by atoms with E-state index in [9.17, 15) is 22.8 Å². The molecule has 1 aliphatic rings. The number of nitrogens with zero attached hydrogens (tertiary/aromatic N) is 3. The number of hydrogen-bond donors (Lipinski definition) is 2. The molecule has 1 unspecified atom stereocenters. The average molecular weight is 614 g/mol. The second-order valence-electron chi connectivity index (χ2n) is 11.0. The maximum absolute atomic E-state index is 13.0. The van der Waals surface area contributed by atoms with Crippen molar-refractivity contribution in [2.24, 2.45) is 0 Å². The Morgan fingerprint density at radius 2 is 1.67 bits per heavy atom. The second kappa shape index (κ2) is 13.3. The first kappa shape index (κ1) is 31.3. The van der Waals surface area contributed by atoms with E-state index in [1.165, 1.54) is 12.1 Å². The molecule has 1 atom stereocenters. The van der Waals surface area contributed by atoms with Crippen molar-refractivity contribution in [3.8, 4) is 5.69 Å². The normalized spacial score (nSPS) is 14.5. The lowest BCUT2D eigenvalue weighted by molar-refractivity contribution is -0.137. The first-order valence-corrected chi connectivity index (χ1v) is 14.6. The van der Waals surface area contributed by atoms with Crippen LogP contribution in [0, 0.1) is 0 Å². The fourth-order valence-electron chi connectivity index (χ4n) is 5.11. The first-order valence-electron chi connectivity index (χ1n) is 14.6. The number of alkyl halides is 3. The highest BCUT2D eigenvalue weighted by atomic mass is 19.4. The molecule has 5 rings (SSSR count). The molecule has 3 aromatic carbocycles. The molecule has 45 heavy (non-hydrogen) atoms. The van der Waals surface area contributed by atoms with Gasteiger partial charge >= 0.3 is 6.18 Å². The summed E-state index contributed by atoms with van der Waals surface area (Å²) >= 11 is 0. The number of carbonyl (C=O) groups is 2. The van der Waals surface area contributed by atoms with Gasteiger partial charge in [-0.15, -0.1) is 0 Å². The number of hydrogen-bond acceptors (Lipinski definition) is 4. The minimum Gasteiger partial charge on any atom is -0.378 e. The minimum absolute atomic E-state index is 0.0473. The Balaban J connectivity index is 1.35. The molecule has 0 aliphatic heterocycles. The van der Waals surface area contributed by atoms with Crippen molar-refractivity contribution in [3.63, 3.8) is 0 Å². The third kappa shape index (κ3) is 7.52. The number of aryl methyl sites for hydroxylation is 1. The van der Waals surface area contributed by atoms with Crippen LogP contribution in [0.1, 0.15) is 51.6 Å². The molecule has 0 radical (unpaired) electrons. The summed E-state index contributed by atoms with van der Waals surface area (Å²) in [4.78, 5) is 26.7. The topological polar surface area (TPSA) is 79.3 Å². The summed E-state index contributed by atoms with van der Waals surface area (Å²) in [6.07, 6.45) is 2.96. The SMILES string of the molecule is CNC(=O)CCc1cc(C2C=CC(c3ccc(C(F)(F)F)cc3)=CC2)n(-c2ccc(NC(=O)c3ccc(N(C)C)cc3)cc2)n1.